The average Bonchev–Trinajstić information content (AvgIpc) is 1.35. The zero-order chi connectivity index (χ0) is 67.6. The second-order valence-electron chi connectivity index (χ2n) is 22.6. The molecule has 2 aliphatic carbocycles. The second-order valence-corrected chi connectivity index (χ2v) is 28.4. The molecule has 8 aromatic rings. The second kappa shape index (κ2) is 33.9. The number of amides is 4. The van der Waals surface area contributed by atoms with E-state index in [1.807, 2.05) is 18.2 Å². The number of benzene rings is 6. The predicted octanol–water partition coefficient (Wildman–Crippen LogP) is 10.2. The first-order chi connectivity index (χ1) is 45.5. The monoisotopic (exact) mass is 1430 g/mol. The van der Waals surface area contributed by atoms with E-state index < -0.39 is 60.3 Å². The molecule has 4 fully saturated rings. The number of carbonyl (C=O) groups excluding carboxylic acids is 4. The van der Waals surface area contributed by atoms with Crippen LogP contribution in [0.5, 0.6) is 11.5 Å². The van der Waals surface area contributed by atoms with Gasteiger partial charge in [0.15, 0.2) is 0 Å². The molecule has 0 spiro atoms. The first kappa shape index (κ1) is 76.3. The molecule has 22 nitrogen and oxygen atoms in total. The Morgan fingerprint density at radius 3 is 1.38 bits per heavy atom. The minimum atomic E-state index is -3.71. The molecule has 0 radical (unpaired) electrons. The van der Waals surface area contributed by atoms with Gasteiger partial charge >= 0.3 is 0 Å². The topological polar surface area (TPSA) is 300 Å². The van der Waals surface area contributed by atoms with Crippen molar-refractivity contribution in [2.24, 2.45) is 19.8 Å². The van der Waals surface area contributed by atoms with Crippen molar-refractivity contribution in [3.8, 4) is 57.7 Å². The van der Waals surface area contributed by atoms with Crippen LogP contribution in [0.25, 0.3) is 22.5 Å². The van der Waals surface area contributed by atoms with E-state index >= 15 is 0 Å². The van der Waals surface area contributed by atoms with Gasteiger partial charge in [0.25, 0.3) is 0 Å². The quantitative estimate of drug-likeness (QED) is 0.0436. The standard InChI is InChI=1S/C34H32ClN5O6S.C31H28ClN5O4.C3H5ClO2S.3CH4/c1-39-20-24(31(37-39)28-19-25(35)11-16-30(28)41)10-7-22-8-12-26(13-9-22)36-33(42)29-21-46-18-17-40(29)34(43)32(23-5-3-2-4-6-23)38-47(44,45)27-14-15-27;1-36-18-22(29(35-36)25-17-23(32)11-14-27(25)38)10-7-20-8-12-24(13-9-20)34-30(39)26-19-41-16-15-37(26)31(40)28(33)21-5-3-2-4-6-21;4-7(5,6)3-1-2-3;;;/h2-6,8-9,11-13,16,19-20,27,29,32,38,41H,14-15,17-18,21H2,1H3,(H,36,42);2-6,8-9,11-14,17-18,26,28,38H,15-16,19,33H2,1H3,(H,34,39);3H,1-2H2;3*1H4/t29-,32+;26-,28+;;;;/m00..../s1. The molecule has 4 heterocycles. The molecule has 4 atom stereocenters. The smallest absolute Gasteiger partial charge is 0.249 e. The Morgan fingerprint density at radius 1 is 0.571 bits per heavy atom. The summed E-state index contributed by atoms with van der Waals surface area (Å²) in [5.41, 5.74) is 13.0. The molecule has 4 aliphatic rings. The van der Waals surface area contributed by atoms with E-state index in [0.717, 1.165) is 12.8 Å². The largest absolute Gasteiger partial charge is 0.507 e. The first-order valence-electron chi connectivity index (χ1n) is 30.0. The van der Waals surface area contributed by atoms with E-state index in [-0.39, 0.29) is 83.8 Å². The van der Waals surface area contributed by atoms with Crippen LogP contribution in [0.2, 0.25) is 10.0 Å². The van der Waals surface area contributed by atoms with Gasteiger partial charge in [0.1, 0.15) is 47.1 Å². The highest BCUT2D eigenvalue weighted by molar-refractivity contribution is 8.14. The minimum Gasteiger partial charge on any atom is -0.507 e. The number of halogens is 3. The van der Waals surface area contributed by atoms with E-state index in [1.54, 1.807) is 151 Å². The number of nitrogens with two attached hydrogens (primary N) is 1. The Bertz CT molecular complexity index is 4500. The van der Waals surface area contributed by atoms with Crippen LogP contribution in [0.3, 0.4) is 0 Å². The molecule has 2 aliphatic heterocycles. The Morgan fingerprint density at radius 2 is 0.980 bits per heavy atom. The number of nitrogens with one attached hydrogen (secondary N) is 3. The number of hydrogen-bond acceptors (Lipinski definition) is 15. The Hall–Kier alpha value is -9.05. The summed E-state index contributed by atoms with van der Waals surface area (Å²) in [6.45, 7) is 1.000. The van der Waals surface area contributed by atoms with Crippen LogP contribution in [0.1, 0.15) is 93.4 Å². The zero-order valence-electron chi connectivity index (χ0n) is 51.2. The van der Waals surface area contributed by atoms with E-state index in [2.05, 4.69) is 49.2 Å². The SMILES string of the molecule is C.C.C.Cn1cc(C#Cc2ccc(NC(=O)[C@@H]3COCCN3C(=O)[C@H](N)c3ccccc3)cc2)c(-c2cc(Cl)ccc2O)n1.Cn1cc(C#Cc2ccc(NC(=O)[C@@H]3COCCN3C(=O)[C@H](NS(=O)(=O)C3CC3)c3ccccc3)cc2)c(-c2cc(Cl)ccc2O)n1.O=S(=O)(Cl)C1CC1. The van der Waals surface area contributed by atoms with Gasteiger partial charge in [-0.25, -0.2) is 16.8 Å². The number of aromatic hydroxyl groups is 2. The lowest BCUT2D eigenvalue weighted by molar-refractivity contribution is -0.147. The summed E-state index contributed by atoms with van der Waals surface area (Å²) in [5, 5.41) is 35.4. The first-order valence-corrected chi connectivity index (χ1v) is 34.6. The van der Waals surface area contributed by atoms with Crippen molar-refractivity contribution in [2.45, 2.75) is 82.6 Å². The summed E-state index contributed by atoms with van der Waals surface area (Å²) in [6, 6.07) is 37.3. The van der Waals surface area contributed by atoms with Gasteiger partial charge in [-0.2, -0.15) is 14.9 Å². The third kappa shape index (κ3) is 19.8. The van der Waals surface area contributed by atoms with Gasteiger partial charge in [0.2, 0.25) is 42.7 Å². The summed E-state index contributed by atoms with van der Waals surface area (Å²) >= 11 is 12.3. The van der Waals surface area contributed by atoms with Crippen LogP contribution in [-0.2, 0) is 61.8 Å². The molecule has 27 heteroatoms. The maximum atomic E-state index is 13.9. The Kier molecular flexibility index (Phi) is 26.4. The maximum absolute atomic E-state index is 13.9. The molecule has 516 valence electrons. The number of anilines is 2. The normalized spacial score (nSPS) is 16.2. The summed E-state index contributed by atoms with van der Waals surface area (Å²) in [5.74, 6) is 10.8. The van der Waals surface area contributed by atoms with Crippen LogP contribution >= 0.6 is 33.9 Å². The van der Waals surface area contributed by atoms with Gasteiger partial charge in [-0.1, -0.05) is 130 Å². The van der Waals surface area contributed by atoms with Crippen LogP contribution in [0, 0.1) is 23.7 Å². The summed E-state index contributed by atoms with van der Waals surface area (Å²) in [6.07, 6.45) is 6.12. The van der Waals surface area contributed by atoms with Crippen molar-refractivity contribution in [2.75, 3.05) is 50.2 Å². The van der Waals surface area contributed by atoms with E-state index in [0.29, 0.717) is 96.8 Å². The van der Waals surface area contributed by atoms with Gasteiger partial charge in [-0.15, -0.1) is 0 Å². The molecule has 0 bridgehead atoms. The summed E-state index contributed by atoms with van der Waals surface area (Å²) in [4.78, 5) is 56.6. The molecular formula is C71H77Cl3N10O12S2. The molecule has 4 amide bonds. The molecule has 2 aromatic heterocycles. The fourth-order valence-corrected chi connectivity index (χ4v) is 13.3. The molecule has 98 heavy (non-hydrogen) atoms. The number of phenols is 2. The highest BCUT2D eigenvalue weighted by Crippen LogP contribution is 2.36. The highest BCUT2D eigenvalue weighted by Gasteiger charge is 2.43. The molecule has 12 rings (SSSR count). The maximum Gasteiger partial charge on any atom is 0.249 e. The van der Waals surface area contributed by atoms with E-state index in [1.165, 1.54) is 21.9 Å². The number of aryl methyl sites for hydroxylation is 2. The summed E-state index contributed by atoms with van der Waals surface area (Å²) < 4.78 is 63.0. The van der Waals surface area contributed by atoms with Gasteiger partial charge in [0, 0.05) is 93.9 Å². The molecule has 2 saturated carbocycles. The van der Waals surface area contributed by atoms with Gasteiger partial charge < -0.3 is 45.9 Å². The number of ether oxygens (including phenoxy) is 2. The number of phenolic OH excluding ortho intramolecular Hbond substituents is 2. The van der Waals surface area contributed by atoms with Gasteiger partial charge in [-0.05, 0) is 122 Å². The van der Waals surface area contributed by atoms with Crippen LogP contribution in [0.15, 0.2) is 158 Å². The third-order valence-corrected chi connectivity index (χ3v) is 19.9. The highest BCUT2D eigenvalue weighted by atomic mass is 35.7. The van der Waals surface area contributed by atoms with E-state index in [4.69, 9.17) is 49.1 Å². The van der Waals surface area contributed by atoms with Crippen molar-refractivity contribution in [3.63, 3.8) is 0 Å². The lowest BCUT2D eigenvalue weighted by atomic mass is 10.0. The molecule has 0 unspecified atom stereocenters. The molecule has 7 N–H and O–H groups in total. The summed E-state index contributed by atoms with van der Waals surface area (Å²) in [7, 11) is 1.56. The Labute approximate surface area is 585 Å². The lowest BCUT2D eigenvalue weighted by Crippen LogP contribution is -2.57. The Balaban J connectivity index is 0.000000245. The van der Waals surface area contributed by atoms with Crippen LogP contribution in [0.4, 0.5) is 11.4 Å². The number of nitrogens with zero attached hydrogens (tertiary/aromatic N) is 6. The number of hydrogen-bond donors (Lipinski definition) is 6. The number of sulfonamides is 1. The fraction of sp³-hybridized carbons (Fsp3) is 0.296. The van der Waals surface area contributed by atoms with Crippen molar-refractivity contribution in [1.29, 1.82) is 0 Å². The minimum absolute atomic E-state index is 0. The average molecular weight is 1430 g/mol. The van der Waals surface area contributed by atoms with Gasteiger partial charge in [-0.3, -0.25) is 28.5 Å². The van der Waals surface area contributed by atoms with Crippen LogP contribution < -0.4 is 21.1 Å². The number of morpholine rings is 2. The third-order valence-electron chi connectivity index (χ3n) is 15.5. The van der Waals surface area contributed by atoms with Crippen molar-refractivity contribution in [1.82, 2.24) is 34.1 Å². The molecule has 2 saturated heterocycles. The molecule has 6 aromatic carbocycles. The molecular weight excluding hydrogens is 1360 g/mol. The fourth-order valence-electron chi connectivity index (χ4n) is 10.2. The van der Waals surface area contributed by atoms with Crippen molar-refractivity contribution >= 4 is 88.0 Å². The zero-order valence-corrected chi connectivity index (χ0v) is 55.1. The van der Waals surface area contributed by atoms with Crippen LogP contribution in [-0.4, -0.2) is 142 Å². The number of aromatic nitrogens is 4. The van der Waals surface area contributed by atoms with E-state index in [9.17, 15) is 46.2 Å². The van der Waals surface area contributed by atoms with Gasteiger partial charge in [0.05, 0.1) is 48.1 Å². The van der Waals surface area contributed by atoms with Crippen molar-refractivity contribution < 1.29 is 55.7 Å². The van der Waals surface area contributed by atoms with Crippen molar-refractivity contribution in [3.05, 3.63) is 201 Å². The predicted molar refractivity (Wildman–Crippen MR) is 381 cm³/mol. The number of rotatable bonds is 14. The lowest BCUT2D eigenvalue weighted by Gasteiger charge is -2.37. The number of carbonyl (C=O) groups is 4.